The number of nitrogens with zero attached hydrogens (tertiary/aromatic N) is 3. The minimum Gasteiger partial charge on any atom is -0.342 e. The molecule has 6 nitrogen and oxygen atoms in total. The van der Waals surface area contributed by atoms with Crippen molar-refractivity contribution < 1.29 is 13.2 Å². The molecule has 2 fully saturated rings. The molecule has 0 bridgehead atoms. The summed E-state index contributed by atoms with van der Waals surface area (Å²) in [6.07, 6.45) is 4.49. The van der Waals surface area contributed by atoms with Crippen molar-refractivity contribution in [3.8, 4) is 0 Å². The van der Waals surface area contributed by atoms with Crippen LogP contribution in [0.15, 0.2) is 53.6 Å². The number of rotatable bonds is 4. The molecule has 2 saturated heterocycles. The molecule has 4 rings (SSSR count). The van der Waals surface area contributed by atoms with Gasteiger partial charge in [-0.25, -0.2) is 13.4 Å². The number of amides is 1. The van der Waals surface area contributed by atoms with Gasteiger partial charge >= 0.3 is 0 Å². The van der Waals surface area contributed by atoms with Gasteiger partial charge in [0, 0.05) is 38.3 Å². The summed E-state index contributed by atoms with van der Waals surface area (Å²) in [5, 5.41) is -0.0167. The lowest BCUT2D eigenvalue weighted by Gasteiger charge is -2.37. The third-order valence-electron chi connectivity index (χ3n) is 6.22. The number of sulfonamides is 1. The Bertz CT molecular complexity index is 984. The van der Waals surface area contributed by atoms with Crippen LogP contribution in [0.1, 0.15) is 37.2 Å². The number of pyridine rings is 1. The van der Waals surface area contributed by atoms with Crippen molar-refractivity contribution in [2.75, 3.05) is 26.2 Å². The largest absolute Gasteiger partial charge is 0.342 e. The predicted octanol–water partition coefficient (Wildman–Crippen LogP) is 3.54. The standard InChI is InChI=1S/C22H26ClN3O3S/c23-21-20(7-4-12-24-21)30(28,29)26-15-10-19(11-16-26)22(27)25-13-8-18(9-14-25)17-5-2-1-3-6-17/h1-7,12,18-19H,8-11,13-16H2. The summed E-state index contributed by atoms with van der Waals surface area (Å²) in [6, 6.07) is 13.5. The Morgan fingerprint density at radius 3 is 2.23 bits per heavy atom. The highest BCUT2D eigenvalue weighted by Gasteiger charge is 2.35. The minimum absolute atomic E-state index is 0.0167. The van der Waals surface area contributed by atoms with E-state index in [4.69, 9.17) is 11.6 Å². The van der Waals surface area contributed by atoms with Gasteiger partial charge in [0.05, 0.1) is 0 Å². The Labute approximate surface area is 182 Å². The predicted molar refractivity (Wildman–Crippen MR) is 116 cm³/mol. The zero-order valence-electron chi connectivity index (χ0n) is 16.8. The summed E-state index contributed by atoms with van der Waals surface area (Å²) in [5.41, 5.74) is 1.34. The maximum Gasteiger partial charge on any atom is 0.246 e. The fraction of sp³-hybridized carbons (Fsp3) is 0.455. The van der Waals surface area contributed by atoms with Crippen molar-refractivity contribution in [2.24, 2.45) is 5.92 Å². The molecule has 0 radical (unpaired) electrons. The molecule has 0 saturated carbocycles. The zero-order valence-corrected chi connectivity index (χ0v) is 18.4. The normalized spacial score (nSPS) is 19.7. The van der Waals surface area contributed by atoms with Crippen LogP contribution in [0, 0.1) is 5.92 Å². The van der Waals surface area contributed by atoms with Crippen LogP contribution in [0.5, 0.6) is 0 Å². The number of carbonyl (C=O) groups excluding carboxylic acids is 1. The summed E-state index contributed by atoms with van der Waals surface area (Å²) in [7, 11) is -3.69. The molecule has 30 heavy (non-hydrogen) atoms. The van der Waals surface area contributed by atoms with Crippen LogP contribution in [0.25, 0.3) is 0 Å². The van der Waals surface area contributed by atoms with E-state index in [-0.39, 0.29) is 21.9 Å². The molecule has 0 atom stereocenters. The first-order valence-corrected chi connectivity index (χ1v) is 12.2. The van der Waals surface area contributed by atoms with Gasteiger partial charge in [0.15, 0.2) is 0 Å². The molecule has 1 aromatic carbocycles. The van der Waals surface area contributed by atoms with E-state index < -0.39 is 10.0 Å². The molecular weight excluding hydrogens is 422 g/mol. The molecule has 2 aliphatic heterocycles. The number of hydrogen-bond donors (Lipinski definition) is 0. The molecule has 1 amide bonds. The molecule has 2 aromatic rings. The van der Waals surface area contributed by atoms with E-state index in [0.29, 0.717) is 31.8 Å². The SMILES string of the molecule is O=C(C1CCN(S(=O)(=O)c2cccnc2Cl)CC1)N1CCC(c2ccccc2)CC1. The third kappa shape index (κ3) is 4.38. The first-order chi connectivity index (χ1) is 14.5. The van der Waals surface area contributed by atoms with Gasteiger partial charge in [-0.1, -0.05) is 41.9 Å². The summed E-state index contributed by atoms with van der Waals surface area (Å²) < 4.78 is 27.1. The lowest BCUT2D eigenvalue weighted by atomic mass is 9.88. The molecule has 160 valence electrons. The monoisotopic (exact) mass is 447 g/mol. The number of hydrogen-bond acceptors (Lipinski definition) is 4. The summed E-state index contributed by atoms with van der Waals surface area (Å²) in [6.45, 7) is 2.18. The van der Waals surface area contributed by atoms with Gasteiger partial charge in [0.25, 0.3) is 0 Å². The Morgan fingerprint density at radius 2 is 1.60 bits per heavy atom. The van der Waals surface area contributed by atoms with Gasteiger partial charge in [0.1, 0.15) is 10.0 Å². The summed E-state index contributed by atoms with van der Waals surface area (Å²) in [4.78, 5) is 18.9. The van der Waals surface area contributed by atoms with Gasteiger partial charge in [-0.3, -0.25) is 4.79 Å². The van der Waals surface area contributed by atoms with Crippen molar-refractivity contribution in [2.45, 2.75) is 36.5 Å². The maximum atomic E-state index is 13.0. The molecular formula is C22H26ClN3O3S. The quantitative estimate of drug-likeness (QED) is 0.672. The molecule has 0 aliphatic carbocycles. The second kappa shape index (κ2) is 9.04. The van der Waals surface area contributed by atoms with Crippen LogP contribution in [-0.2, 0) is 14.8 Å². The Morgan fingerprint density at radius 1 is 0.933 bits per heavy atom. The van der Waals surface area contributed by atoms with E-state index in [9.17, 15) is 13.2 Å². The molecule has 2 aliphatic rings. The molecule has 0 N–H and O–H groups in total. The highest BCUT2D eigenvalue weighted by molar-refractivity contribution is 7.89. The van der Waals surface area contributed by atoms with Gasteiger partial charge in [-0.2, -0.15) is 4.31 Å². The van der Waals surface area contributed by atoms with Crippen LogP contribution in [0.3, 0.4) is 0 Å². The highest BCUT2D eigenvalue weighted by Crippen LogP contribution is 2.31. The first kappa shape index (κ1) is 21.3. The Hall–Kier alpha value is -1.96. The summed E-state index contributed by atoms with van der Waals surface area (Å²) in [5.74, 6) is 0.554. The lowest BCUT2D eigenvalue weighted by molar-refractivity contribution is -0.137. The second-order valence-electron chi connectivity index (χ2n) is 7.98. The average molecular weight is 448 g/mol. The maximum absolute atomic E-state index is 13.0. The van der Waals surface area contributed by atoms with Gasteiger partial charge in [0.2, 0.25) is 15.9 Å². The number of halogens is 1. The van der Waals surface area contributed by atoms with Crippen LogP contribution in [0.4, 0.5) is 0 Å². The van der Waals surface area contributed by atoms with Crippen molar-refractivity contribution in [3.05, 3.63) is 59.4 Å². The van der Waals surface area contributed by atoms with Crippen molar-refractivity contribution >= 4 is 27.5 Å². The van der Waals surface area contributed by atoms with Crippen molar-refractivity contribution in [3.63, 3.8) is 0 Å². The van der Waals surface area contributed by atoms with E-state index in [0.717, 1.165) is 25.9 Å². The lowest BCUT2D eigenvalue weighted by Crippen LogP contribution is -2.46. The number of likely N-dealkylation sites (tertiary alicyclic amines) is 1. The number of aromatic nitrogens is 1. The molecule has 0 spiro atoms. The Balaban J connectivity index is 1.32. The minimum atomic E-state index is -3.69. The van der Waals surface area contributed by atoms with Gasteiger partial charge in [-0.05, 0) is 49.3 Å². The van der Waals surface area contributed by atoms with Crippen LogP contribution >= 0.6 is 11.6 Å². The number of carbonyl (C=O) groups is 1. The van der Waals surface area contributed by atoms with Crippen molar-refractivity contribution in [1.29, 1.82) is 0 Å². The summed E-state index contributed by atoms with van der Waals surface area (Å²) >= 11 is 5.99. The number of benzene rings is 1. The molecule has 3 heterocycles. The van der Waals surface area contributed by atoms with E-state index in [1.807, 2.05) is 11.0 Å². The third-order valence-corrected chi connectivity index (χ3v) is 8.57. The molecule has 8 heteroatoms. The van der Waals surface area contributed by atoms with E-state index in [1.165, 1.54) is 22.1 Å². The van der Waals surface area contributed by atoms with Crippen LogP contribution in [-0.4, -0.2) is 54.7 Å². The molecule has 0 unspecified atom stereocenters. The second-order valence-corrected chi connectivity index (χ2v) is 10.2. The average Bonchev–Trinajstić information content (AvgIpc) is 2.79. The van der Waals surface area contributed by atoms with Gasteiger partial charge < -0.3 is 4.90 Å². The fourth-order valence-electron chi connectivity index (χ4n) is 4.46. The zero-order chi connectivity index (χ0) is 21.1. The fourth-order valence-corrected chi connectivity index (χ4v) is 6.36. The number of piperidine rings is 2. The molecule has 1 aromatic heterocycles. The van der Waals surface area contributed by atoms with E-state index in [2.05, 4.69) is 29.2 Å². The smallest absolute Gasteiger partial charge is 0.246 e. The van der Waals surface area contributed by atoms with E-state index in [1.54, 1.807) is 6.07 Å². The van der Waals surface area contributed by atoms with Gasteiger partial charge in [-0.15, -0.1) is 0 Å². The Kier molecular flexibility index (Phi) is 6.41. The highest BCUT2D eigenvalue weighted by atomic mass is 35.5. The van der Waals surface area contributed by atoms with E-state index >= 15 is 0 Å². The first-order valence-electron chi connectivity index (χ1n) is 10.4. The topological polar surface area (TPSA) is 70.6 Å². The van der Waals surface area contributed by atoms with Crippen LogP contribution in [0.2, 0.25) is 5.15 Å². The van der Waals surface area contributed by atoms with Crippen molar-refractivity contribution in [1.82, 2.24) is 14.2 Å². The van der Waals surface area contributed by atoms with Crippen LogP contribution < -0.4 is 0 Å².